The quantitative estimate of drug-likeness (QED) is 0.723. The fourth-order valence-corrected chi connectivity index (χ4v) is 2.50. The second-order valence-electron chi connectivity index (χ2n) is 5.67. The zero-order chi connectivity index (χ0) is 16.9. The van der Waals surface area contributed by atoms with Crippen LogP contribution in [0.2, 0.25) is 0 Å². The van der Waals surface area contributed by atoms with E-state index in [1.165, 1.54) is 12.1 Å². The summed E-state index contributed by atoms with van der Waals surface area (Å²) in [5, 5.41) is 4.17. The van der Waals surface area contributed by atoms with Crippen LogP contribution in [0.25, 0.3) is 5.69 Å². The lowest BCUT2D eigenvalue weighted by molar-refractivity contribution is -0.129. The molecule has 0 N–H and O–H groups in total. The smallest absolute Gasteiger partial charge is 0.227 e. The average Bonchev–Trinajstić information content (AvgIpc) is 3.10. The Hall–Kier alpha value is -2.95. The minimum atomic E-state index is -0.289. The van der Waals surface area contributed by atoms with Gasteiger partial charge in [0, 0.05) is 26.0 Å². The molecule has 0 bridgehead atoms. The number of benzene rings is 2. The first-order chi connectivity index (χ1) is 11.6. The Morgan fingerprint density at radius 3 is 2.58 bits per heavy atom. The number of nitrogens with zero attached hydrogens (tertiary/aromatic N) is 3. The molecule has 0 radical (unpaired) electrons. The van der Waals surface area contributed by atoms with Crippen molar-refractivity contribution in [2.45, 2.75) is 13.0 Å². The molecular weight excluding hydrogens is 305 g/mol. The molecule has 0 unspecified atom stereocenters. The molecule has 3 aromatic rings. The van der Waals surface area contributed by atoms with E-state index in [2.05, 4.69) is 5.10 Å². The highest BCUT2D eigenvalue weighted by Crippen LogP contribution is 2.11. The van der Waals surface area contributed by atoms with Crippen LogP contribution in [-0.4, -0.2) is 27.6 Å². The van der Waals surface area contributed by atoms with Crippen LogP contribution in [0.3, 0.4) is 0 Å². The van der Waals surface area contributed by atoms with Gasteiger partial charge in [-0.25, -0.2) is 9.07 Å². The van der Waals surface area contributed by atoms with Crippen molar-refractivity contribution in [3.05, 3.63) is 83.9 Å². The van der Waals surface area contributed by atoms with Crippen molar-refractivity contribution in [2.75, 3.05) is 7.05 Å². The molecule has 1 heterocycles. The molecule has 0 atom stereocenters. The molecule has 0 aliphatic rings. The van der Waals surface area contributed by atoms with Crippen LogP contribution < -0.4 is 0 Å². The summed E-state index contributed by atoms with van der Waals surface area (Å²) in [5.41, 5.74) is 2.66. The van der Waals surface area contributed by atoms with Gasteiger partial charge in [-0.15, -0.1) is 0 Å². The summed E-state index contributed by atoms with van der Waals surface area (Å²) in [7, 11) is 1.73. The molecule has 4 nitrogen and oxygen atoms in total. The third kappa shape index (κ3) is 3.87. The Balaban J connectivity index is 1.61. The van der Waals surface area contributed by atoms with E-state index in [1.807, 2.05) is 42.6 Å². The zero-order valence-electron chi connectivity index (χ0n) is 13.4. The van der Waals surface area contributed by atoms with Crippen molar-refractivity contribution in [2.24, 2.45) is 0 Å². The molecule has 122 valence electrons. The number of hydrogen-bond acceptors (Lipinski definition) is 2. The van der Waals surface area contributed by atoms with Gasteiger partial charge >= 0.3 is 0 Å². The van der Waals surface area contributed by atoms with Crippen LogP contribution in [0, 0.1) is 5.82 Å². The highest BCUT2D eigenvalue weighted by Gasteiger charge is 2.11. The van der Waals surface area contributed by atoms with E-state index in [0.717, 1.165) is 16.8 Å². The van der Waals surface area contributed by atoms with E-state index in [1.54, 1.807) is 28.9 Å². The third-order valence-corrected chi connectivity index (χ3v) is 3.80. The van der Waals surface area contributed by atoms with Gasteiger partial charge in [-0.3, -0.25) is 4.79 Å². The Kier molecular flexibility index (Phi) is 4.70. The Morgan fingerprint density at radius 2 is 1.92 bits per heavy atom. The first-order valence-electron chi connectivity index (χ1n) is 7.69. The summed E-state index contributed by atoms with van der Waals surface area (Å²) in [4.78, 5) is 13.9. The number of amides is 1. The van der Waals surface area contributed by atoms with E-state index < -0.39 is 0 Å². The van der Waals surface area contributed by atoms with Gasteiger partial charge in [0.15, 0.2) is 0 Å². The summed E-state index contributed by atoms with van der Waals surface area (Å²) in [5.74, 6) is -0.298. The highest BCUT2D eigenvalue weighted by molar-refractivity contribution is 5.78. The van der Waals surface area contributed by atoms with Gasteiger partial charge in [-0.1, -0.05) is 24.3 Å². The highest BCUT2D eigenvalue weighted by atomic mass is 19.1. The summed E-state index contributed by atoms with van der Waals surface area (Å²) in [6, 6.07) is 15.9. The number of carbonyl (C=O) groups excluding carboxylic acids is 1. The maximum atomic E-state index is 13.2. The van der Waals surface area contributed by atoms with Crippen molar-refractivity contribution < 1.29 is 9.18 Å². The summed E-state index contributed by atoms with van der Waals surface area (Å²) < 4.78 is 15.0. The molecule has 1 amide bonds. The Morgan fingerprint density at radius 1 is 1.12 bits per heavy atom. The van der Waals surface area contributed by atoms with Crippen LogP contribution in [0.1, 0.15) is 11.1 Å². The van der Waals surface area contributed by atoms with Gasteiger partial charge < -0.3 is 4.90 Å². The predicted octanol–water partition coefficient (Wildman–Crippen LogP) is 3.21. The van der Waals surface area contributed by atoms with Crippen molar-refractivity contribution >= 4 is 5.91 Å². The normalized spacial score (nSPS) is 10.6. The molecule has 0 spiro atoms. The number of carbonyl (C=O) groups is 1. The van der Waals surface area contributed by atoms with Gasteiger partial charge in [0.25, 0.3) is 0 Å². The predicted molar refractivity (Wildman–Crippen MR) is 90.1 cm³/mol. The molecule has 0 saturated heterocycles. The van der Waals surface area contributed by atoms with Gasteiger partial charge in [0.2, 0.25) is 5.91 Å². The first kappa shape index (κ1) is 15.9. The molecule has 24 heavy (non-hydrogen) atoms. The number of hydrogen-bond donors (Lipinski definition) is 0. The van der Waals surface area contributed by atoms with Gasteiger partial charge in [0.05, 0.1) is 12.1 Å². The lowest BCUT2D eigenvalue weighted by Crippen LogP contribution is -2.27. The van der Waals surface area contributed by atoms with Gasteiger partial charge in [-0.05, 0) is 41.5 Å². The largest absolute Gasteiger partial charge is 0.341 e. The monoisotopic (exact) mass is 323 g/mol. The molecule has 0 fully saturated rings. The van der Waals surface area contributed by atoms with Crippen LogP contribution in [0.5, 0.6) is 0 Å². The lowest BCUT2D eigenvalue weighted by atomic mass is 10.1. The van der Waals surface area contributed by atoms with Crippen LogP contribution >= 0.6 is 0 Å². The fourth-order valence-electron chi connectivity index (χ4n) is 2.50. The molecule has 5 heteroatoms. The fraction of sp³-hybridized carbons (Fsp3) is 0.158. The number of aromatic nitrogens is 2. The first-order valence-corrected chi connectivity index (χ1v) is 7.69. The number of halogens is 1. The molecule has 0 aliphatic heterocycles. The second kappa shape index (κ2) is 7.08. The van der Waals surface area contributed by atoms with Crippen molar-refractivity contribution in [3.8, 4) is 5.69 Å². The molecule has 0 saturated carbocycles. The number of likely N-dealkylation sites (N-methyl/N-ethyl adjacent to an activating group) is 1. The van der Waals surface area contributed by atoms with Crippen molar-refractivity contribution in [1.29, 1.82) is 0 Å². The van der Waals surface area contributed by atoms with E-state index in [0.29, 0.717) is 13.0 Å². The second-order valence-corrected chi connectivity index (χ2v) is 5.67. The summed E-state index contributed by atoms with van der Waals surface area (Å²) in [6.07, 6.45) is 3.90. The van der Waals surface area contributed by atoms with Crippen LogP contribution in [0.4, 0.5) is 4.39 Å². The van der Waals surface area contributed by atoms with E-state index in [4.69, 9.17) is 0 Å². The van der Waals surface area contributed by atoms with Crippen LogP contribution in [-0.2, 0) is 17.8 Å². The maximum Gasteiger partial charge on any atom is 0.227 e. The minimum absolute atomic E-state index is 0.00824. The van der Waals surface area contributed by atoms with Gasteiger partial charge in [-0.2, -0.15) is 5.10 Å². The molecule has 0 aliphatic carbocycles. The standard InChI is InChI=1S/C19H18FN3O/c1-22(14-16-4-2-5-17(20)12-16)19(24)13-15-6-8-18(9-7-15)23-11-3-10-21-23/h2-12H,13-14H2,1H3. The minimum Gasteiger partial charge on any atom is -0.341 e. The molecular formula is C19H18FN3O. The van der Waals surface area contributed by atoms with Crippen molar-refractivity contribution in [1.82, 2.24) is 14.7 Å². The SMILES string of the molecule is CN(Cc1cccc(F)c1)C(=O)Cc1ccc(-n2cccn2)cc1. The Bertz CT molecular complexity index is 813. The lowest BCUT2D eigenvalue weighted by Gasteiger charge is -2.17. The number of rotatable bonds is 5. The third-order valence-electron chi connectivity index (χ3n) is 3.80. The zero-order valence-corrected chi connectivity index (χ0v) is 13.4. The summed E-state index contributed by atoms with van der Waals surface area (Å²) >= 11 is 0. The average molecular weight is 323 g/mol. The van der Waals surface area contributed by atoms with Crippen LogP contribution in [0.15, 0.2) is 67.0 Å². The van der Waals surface area contributed by atoms with Gasteiger partial charge in [0.1, 0.15) is 5.82 Å². The van der Waals surface area contributed by atoms with Crippen molar-refractivity contribution in [3.63, 3.8) is 0 Å². The molecule has 2 aromatic carbocycles. The maximum absolute atomic E-state index is 13.2. The van der Waals surface area contributed by atoms with E-state index in [-0.39, 0.29) is 11.7 Å². The van der Waals surface area contributed by atoms with E-state index >= 15 is 0 Å². The van der Waals surface area contributed by atoms with E-state index in [9.17, 15) is 9.18 Å². The molecule has 3 rings (SSSR count). The summed E-state index contributed by atoms with van der Waals surface area (Å²) in [6.45, 7) is 0.391. The topological polar surface area (TPSA) is 38.1 Å². The molecule has 1 aromatic heterocycles. The Labute approximate surface area is 140 Å².